The molecule has 0 N–H and O–H groups in total. The van der Waals surface area contributed by atoms with E-state index in [1.807, 2.05) is 24.3 Å². The number of benzene rings is 2. The maximum atomic E-state index is 11.4. The van der Waals surface area contributed by atoms with Crippen molar-refractivity contribution in [3.8, 4) is 5.75 Å². The smallest absolute Gasteiger partial charge is 0.153 e. The number of alkyl halides is 1. The number of ether oxygens (including phenoxy) is 1. The summed E-state index contributed by atoms with van der Waals surface area (Å²) in [6, 6.07) is 16.5. The van der Waals surface area contributed by atoms with Gasteiger partial charge in [0.1, 0.15) is 11.9 Å². The third kappa shape index (κ3) is 3.42. The summed E-state index contributed by atoms with van der Waals surface area (Å²) in [5.74, 6) is 1.27. The molecule has 2 aromatic rings. The number of likely N-dealkylation sites (tertiary alicyclic amines) is 1. The van der Waals surface area contributed by atoms with Crippen LogP contribution in [0.5, 0.6) is 5.75 Å². The summed E-state index contributed by atoms with van der Waals surface area (Å²) >= 11 is 7.30. The maximum Gasteiger partial charge on any atom is 0.153 e. The zero-order valence-electron chi connectivity index (χ0n) is 13.6. The van der Waals surface area contributed by atoms with Crippen molar-refractivity contribution in [1.29, 1.82) is 0 Å². The molecule has 3 nitrogen and oxygen atoms in total. The monoisotopic (exact) mass is 463 g/mol. The number of carbonyl (C=O) groups is 1. The van der Waals surface area contributed by atoms with Crippen LogP contribution in [0.4, 0.5) is 0 Å². The summed E-state index contributed by atoms with van der Waals surface area (Å²) in [5.41, 5.74) is 1.92. The van der Waals surface area contributed by atoms with Gasteiger partial charge in [0.2, 0.25) is 0 Å². The SMILES string of the molecule is O=Cc1cc(Br)ccc1OC1CC2CN(Cc3ccccc3)C1C2Br. The Morgan fingerprint density at radius 3 is 2.72 bits per heavy atom. The van der Waals surface area contributed by atoms with Crippen LogP contribution in [0.2, 0.25) is 0 Å². The Labute approximate surface area is 164 Å². The molecule has 5 heteroatoms. The second kappa shape index (κ2) is 7.22. The first-order valence-corrected chi connectivity index (χ1v) is 10.2. The van der Waals surface area contributed by atoms with Gasteiger partial charge in [0.15, 0.2) is 6.29 Å². The minimum atomic E-state index is 0.103. The van der Waals surface area contributed by atoms with Gasteiger partial charge in [-0.1, -0.05) is 62.2 Å². The zero-order valence-corrected chi connectivity index (χ0v) is 16.8. The number of hydrogen-bond donors (Lipinski definition) is 0. The second-order valence-electron chi connectivity index (χ2n) is 6.80. The van der Waals surface area contributed by atoms with Crippen LogP contribution in [0.1, 0.15) is 22.3 Å². The van der Waals surface area contributed by atoms with E-state index in [1.54, 1.807) is 0 Å². The highest BCUT2D eigenvalue weighted by molar-refractivity contribution is 9.10. The number of nitrogens with zero attached hydrogens (tertiary/aromatic N) is 1. The van der Waals surface area contributed by atoms with Crippen LogP contribution in [0.3, 0.4) is 0 Å². The van der Waals surface area contributed by atoms with Gasteiger partial charge in [-0.05, 0) is 36.1 Å². The van der Waals surface area contributed by atoms with Crippen molar-refractivity contribution < 1.29 is 9.53 Å². The standard InChI is InChI=1S/C20H19Br2NO2/c21-16-6-7-17(15(8-16)12-24)25-18-9-14-11-23(20(18)19(14)22)10-13-4-2-1-3-5-13/h1-8,12,14,18-20H,9-11H2. The van der Waals surface area contributed by atoms with E-state index >= 15 is 0 Å². The van der Waals surface area contributed by atoms with Gasteiger partial charge in [0.25, 0.3) is 0 Å². The molecule has 2 bridgehead atoms. The number of fused-ring (bicyclic) bond motifs is 2. The van der Waals surface area contributed by atoms with E-state index < -0.39 is 0 Å². The van der Waals surface area contributed by atoms with Crippen LogP contribution in [-0.4, -0.2) is 34.7 Å². The minimum absolute atomic E-state index is 0.103. The molecule has 130 valence electrons. The lowest BCUT2D eigenvalue weighted by atomic mass is 10.1. The van der Waals surface area contributed by atoms with Crippen LogP contribution in [0.15, 0.2) is 53.0 Å². The fourth-order valence-electron chi connectivity index (χ4n) is 4.07. The summed E-state index contributed by atoms with van der Waals surface area (Å²) in [6.07, 6.45) is 1.99. The van der Waals surface area contributed by atoms with Gasteiger partial charge in [-0.15, -0.1) is 0 Å². The number of aldehydes is 1. The van der Waals surface area contributed by atoms with Crippen molar-refractivity contribution in [1.82, 2.24) is 4.90 Å². The van der Waals surface area contributed by atoms with E-state index in [-0.39, 0.29) is 6.10 Å². The van der Waals surface area contributed by atoms with Gasteiger partial charge >= 0.3 is 0 Å². The van der Waals surface area contributed by atoms with Crippen molar-refractivity contribution in [3.05, 3.63) is 64.1 Å². The topological polar surface area (TPSA) is 29.5 Å². The first kappa shape index (κ1) is 17.3. The number of halogens is 2. The molecule has 1 aliphatic heterocycles. The molecule has 4 unspecified atom stereocenters. The first-order valence-electron chi connectivity index (χ1n) is 8.49. The quantitative estimate of drug-likeness (QED) is 0.475. The highest BCUT2D eigenvalue weighted by atomic mass is 79.9. The molecule has 4 rings (SSSR count). The molecule has 1 heterocycles. The van der Waals surface area contributed by atoms with E-state index in [0.717, 1.165) is 30.3 Å². The van der Waals surface area contributed by atoms with Crippen LogP contribution >= 0.6 is 31.9 Å². The number of piperidine rings is 1. The van der Waals surface area contributed by atoms with E-state index in [1.165, 1.54) is 5.56 Å². The highest BCUT2D eigenvalue weighted by Gasteiger charge is 2.52. The largest absolute Gasteiger partial charge is 0.488 e. The average Bonchev–Trinajstić information content (AvgIpc) is 3.08. The zero-order chi connectivity index (χ0) is 17.4. The molecule has 2 aliphatic rings. The molecule has 0 amide bonds. The van der Waals surface area contributed by atoms with Crippen LogP contribution in [-0.2, 0) is 6.54 Å². The molecule has 1 saturated heterocycles. The van der Waals surface area contributed by atoms with E-state index in [9.17, 15) is 4.79 Å². The summed E-state index contributed by atoms with van der Waals surface area (Å²) in [4.78, 5) is 14.3. The van der Waals surface area contributed by atoms with Gasteiger partial charge in [0, 0.05) is 22.4 Å². The van der Waals surface area contributed by atoms with Crippen molar-refractivity contribution in [2.24, 2.45) is 5.92 Å². The normalized spacial score (nSPS) is 28.2. The summed E-state index contributed by atoms with van der Waals surface area (Å²) < 4.78 is 7.19. The molecule has 0 radical (unpaired) electrons. The van der Waals surface area contributed by atoms with Crippen molar-refractivity contribution in [2.45, 2.75) is 29.9 Å². The average molecular weight is 465 g/mol. The molecular weight excluding hydrogens is 446 g/mol. The lowest BCUT2D eigenvalue weighted by molar-refractivity contribution is 0.0700. The minimum Gasteiger partial charge on any atom is -0.488 e. The molecule has 0 aromatic heterocycles. The molecule has 2 fully saturated rings. The molecular formula is C20H19Br2NO2. The summed E-state index contributed by atoms with van der Waals surface area (Å²) in [6.45, 7) is 2.03. The molecule has 0 spiro atoms. The Balaban J connectivity index is 1.53. The third-order valence-electron chi connectivity index (χ3n) is 5.19. The second-order valence-corrected chi connectivity index (χ2v) is 8.78. The lowest BCUT2D eigenvalue weighted by Gasteiger charge is -2.33. The van der Waals surface area contributed by atoms with Crippen molar-refractivity contribution in [2.75, 3.05) is 6.54 Å². The summed E-state index contributed by atoms with van der Waals surface area (Å²) in [5, 5.41) is 0. The van der Waals surface area contributed by atoms with Gasteiger partial charge in [-0.2, -0.15) is 0 Å². The Bertz CT molecular complexity index is 768. The molecule has 4 atom stereocenters. The van der Waals surface area contributed by atoms with Gasteiger partial charge in [-0.3, -0.25) is 9.69 Å². The predicted molar refractivity (Wildman–Crippen MR) is 105 cm³/mol. The Morgan fingerprint density at radius 1 is 1.20 bits per heavy atom. The van der Waals surface area contributed by atoms with Crippen molar-refractivity contribution in [3.63, 3.8) is 0 Å². The molecule has 25 heavy (non-hydrogen) atoms. The first-order chi connectivity index (χ1) is 12.2. The van der Waals surface area contributed by atoms with Gasteiger partial charge in [0.05, 0.1) is 11.6 Å². The van der Waals surface area contributed by atoms with Gasteiger partial charge in [-0.25, -0.2) is 0 Å². The van der Waals surface area contributed by atoms with E-state index in [0.29, 0.717) is 28.1 Å². The Kier molecular flexibility index (Phi) is 4.98. The molecule has 2 aromatic carbocycles. The number of carbonyl (C=O) groups excluding carboxylic acids is 1. The van der Waals surface area contributed by atoms with Crippen LogP contribution in [0, 0.1) is 5.92 Å². The fraction of sp³-hybridized carbons (Fsp3) is 0.350. The van der Waals surface area contributed by atoms with Crippen LogP contribution < -0.4 is 4.74 Å². The third-order valence-corrected chi connectivity index (χ3v) is 6.97. The molecule has 1 saturated carbocycles. The van der Waals surface area contributed by atoms with Crippen molar-refractivity contribution >= 4 is 38.1 Å². The lowest BCUT2D eigenvalue weighted by Crippen LogP contribution is -2.44. The maximum absolute atomic E-state index is 11.4. The fourth-order valence-corrected chi connectivity index (χ4v) is 5.51. The Hall–Kier alpha value is -1.17. The number of hydrogen-bond acceptors (Lipinski definition) is 3. The highest BCUT2D eigenvalue weighted by Crippen LogP contribution is 2.44. The summed E-state index contributed by atoms with van der Waals surface area (Å²) in [7, 11) is 0. The number of rotatable bonds is 5. The van der Waals surface area contributed by atoms with E-state index in [4.69, 9.17) is 4.74 Å². The van der Waals surface area contributed by atoms with Crippen LogP contribution in [0.25, 0.3) is 0 Å². The van der Waals surface area contributed by atoms with E-state index in [2.05, 4.69) is 61.0 Å². The Morgan fingerprint density at radius 2 is 2.00 bits per heavy atom. The predicted octanol–water partition coefficient (Wildman–Crippen LogP) is 4.68. The van der Waals surface area contributed by atoms with Gasteiger partial charge < -0.3 is 4.74 Å². The molecule has 1 aliphatic carbocycles.